The van der Waals surface area contributed by atoms with Crippen molar-refractivity contribution in [2.24, 2.45) is 5.73 Å². The van der Waals surface area contributed by atoms with Crippen LogP contribution in [0.3, 0.4) is 0 Å². The first-order valence-electron chi connectivity index (χ1n) is 5.05. The minimum atomic E-state index is -0.500. The highest BCUT2D eigenvalue weighted by Gasteiger charge is 2.07. The number of nitrogens with zero attached hydrogens (tertiary/aromatic N) is 1. The van der Waals surface area contributed by atoms with Crippen molar-refractivity contribution in [2.75, 3.05) is 11.9 Å². The van der Waals surface area contributed by atoms with Crippen molar-refractivity contribution in [3.63, 3.8) is 0 Å². The van der Waals surface area contributed by atoms with E-state index in [-0.39, 0.29) is 11.7 Å². The summed E-state index contributed by atoms with van der Waals surface area (Å²) >= 11 is 0. The zero-order valence-corrected chi connectivity index (χ0v) is 9.34. The molecule has 7 heteroatoms. The minimum absolute atomic E-state index is 0.0220. The molecule has 7 nitrogen and oxygen atoms in total. The molecule has 0 saturated carbocycles. The van der Waals surface area contributed by atoms with Gasteiger partial charge in [-0.05, 0) is 19.1 Å². The predicted molar refractivity (Wildman–Crippen MR) is 63.8 cm³/mol. The SMILES string of the molecule is C[C@H](CN)NC(=O)Nc1ccc([N+](=O)[O-])cc1. The van der Waals surface area contributed by atoms with E-state index in [4.69, 9.17) is 5.73 Å². The van der Waals surface area contributed by atoms with Crippen LogP contribution in [0, 0.1) is 10.1 Å². The number of non-ortho nitro benzene ring substituents is 1. The zero-order valence-electron chi connectivity index (χ0n) is 9.34. The predicted octanol–water partition coefficient (Wildman–Crippen LogP) is 1.06. The maximum absolute atomic E-state index is 11.4. The van der Waals surface area contributed by atoms with E-state index in [2.05, 4.69) is 10.6 Å². The van der Waals surface area contributed by atoms with Gasteiger partial charge >= 0.3 is 6.03 Å². The lowest BCUT2D eigenvalue weighted by atomic mass is 10.3. The molecule has 2 amide bonds. The van der Waals surface area contributed by atoms with Crippen LogP contribution in [-0.4, -0.2) is 23.5 Å². The molecular weight excluding hydrogens is 224 g/mol. The third-order valence-corrected chi connectivity index (χ3v) is 2.07. The molecular formula is C10H14N4O3. The Kier molecular flexibility index (Phi) is 4.41. The number of nitro benzene ring substituents is 1. The van der Waals surface area contributed by atoms with Crippen molar-refractivity contribution >= 4 is 17.4 Å². The van der Waals surface area contributed by atoms with Gasteiger partial charge in [0.1, 0.15) is 0 Å². The minimum Gasteiger partial charge on any atom is -0.334 e. The number of nitrogens with one attached hydrogen (secondary N) is 2. The number of nitro groups is 1. The number of carbonyl (C=O) groups is 1. The Morgan fingerprint density at radius 1 is 1.47 bits per heavy atom. The molecule has 1 aromatic rings. The lowest BCUT2D eigenvalue weighted by Crippen LogP contribution is -2.40. The lowest BCUT2D eigenvalue weighted by Gasteiger charge is -2.12. The van der Waals surface area contributed by atoms with E-state index >= 15 is 0 Å². The van der Waals surface area contributed by atoms with Gasteiger partial charge in [0.05, 0.1) is 4.92 Å². The number of benzene rings is 1. The van der Waals surface area contributed by atoms with E-state index in [1.807, 2.05) is 0 Å². The van der Waals surface area contributed by atoms with Crippen LogP contribution in [0.5, 0.6) is 0 Å². The second-order valence-corrected chi connectivity index (χ2v) is 3.54. The summed E-state index contributed by atoms with van der Waals surface area (Å²) in [5.41, 5.74) is 5.81. The zero-order chi connectivity index (χ0) is 12.8. The first-order valence-corrected chi connectivity index (χ1v) is 5.05. The maximum atomic E-state index is 11.4. The number of anilines is 1. The number of nitrogens with two attached hydrogens (primary N) is 1. The second-order valence-electron chi connectivity index (χ2n) is 3.54. The number of amides is 2. The molecule has 4 N–H and O–H groups in total. The average molecular weight is 238 g/mol. The molecule has 0 radical (unpaired) electrons. The molecule has 0 heterocycles. The topological polar surface area (TPSA) is 110 Å². The summed E-state index contributed by atoms with van der Waals surface area (Å²) in [6.45, 7) is 2.11. The average Bonchev–Trinajstić information content (AvgIpc) is 2.29. The van der Waals surface area contributed by atoms with Gasteiger partial charge in [-0.3, -0.25) is 10.1 Å². The summed E-state index contributed by atoms with van der Waals surface area (Å²) in [6, 6.07) is 5.05. The van der Waals surface area contributed by atoms with Gasteiger partial charge in [0.2, 0.25) is 0 Å². The molecule has 1 atom stereocenters. The number of hydrogen-bond acceptors (Lipinski definition) is 4. The van der Waals surface area contributed by atoms with Crippen LogP contribution in [0.25, 0.3) is 0 Å². The summed E-state index contributed by atoms with van der Waals surface area (Å²) in [7, 11) is 0. The Labute approximate surface area is 98.1 Å². The molecule has 1 aromatic carbocycles. The first-order chi connectivity index (χ1) is 8.02. The summed E-state index contributed by atoms with van der Waals surface area (Å²) in [5, 5.41) is 15.6. The van der Waals surface area contributed by atoms with E-state index in [1.54, 1.807) is 6.92 Å². The summed E-state index contributed by atoms with van der Waals surface area (Å²) in [5.74, 6) is 0. The van der Waals surface area contributed by atoms with E-state index in [1.165, 1.54) is 24.3 Å². The van der Waals surface area contributed by atoms with E-state index in [0.717, 1.165) is 0 Å². The molecule has 0 aliphatic rings. The van der Waals surface area contributed by atoms with Crippen molar-refractivity contribution in [2.45, 2.75) is 13.0 Å². The summed E-state index contributed by atoms with van der Waals surface area (Å²) in [6.07, 6.45) is 0. The van der Waals surface area contributed by atoms with Gasteiger partial charge in [0.25, 0.3) is 5.69 Å². The maximum Gasteiger partial charge on any atom is 0.319 e. The van der Waals surface area contributed by atoms with Gasteiger partial charge < -0.3 is 16.4 Å². The fourth-order valence-corrected chi connectivity index (χ4v) is 1.12. The lowest BCUT2D eigenvalue weighted by molar-refractivity contribution is -0.384. The Morgan fingerprint density at radius 3 is 2.53 bits per heavy atom. The third-order valence-electron chi connectivity index (χ3n) is 2.07. The van der Waals surface area contributed by atoms with Crippen molar-refractivity contribution in [1.29, 1.82) is 0 Å². The smallest absolute Gasteiger partial charge is 0.319 e. The summed E-state index contributed by atoms with van der Waals surface area (Å²) < 4.78 is 0. The van der Waals surface area contributed by atoms with Crippen LogP contribution in [0.15, 0.2) is 24.3 Å². The molecule has 0 fully saturated rings. The highest BCUT2D eigenvalue weighted by Crippen LogP contribution is 2.15. The largest absolute Gasteiger partial charge is 0.334 e. The number of carbonyl (C=O) groups excluding carboxylic acids is 1. The standard InChI is InChI=1S/C10H14N4O3/c1-7(6-11)12-10(15)13-8-2-4-9(5-3-8)14(16)17/h2-5,7H,6,11H2,1H3,(H2,12,13,15)/t7-/m1/s1. The Bertz CT molecular complexity index is 405. The highest BCUT2D eigenvalue weighted by molar-refractivity contribution is 5.89. The highest BCUT2D eigenvalue weighted by atomic mass is 16.6. The van der Waals surface area contributed by atoms with Crippen LogP contribution in [0.1, 0.15) is 6.92 Å². The third kappa shape index (κ3) is 4.07. The molecule has 0 aliphatic carbocycles. The monoisotopic (exact) mass is 238 g/mol. The molecule has 0 bridgehead atoms. The van der Waals surface area contributed by atoms with Crippen molar-refractivity contribution in [3.8, 4) is 0 Å². The van der Waals surface area contributed by atoms with Crippen LogP contribution in [0.4, 0.5) is 16.2 Å². The molecule has 0 unspecified atom stereocenters. The van der Waals surface area contributed by atoms with Crippen LogP contribution < -0.4 is 16.4 Å². The van der Waals surface area contributed by atoms with Gasteiger partial charge in [-0.2, -0.15) is 0 Å². The van der Waals surface area contributed by atoms with Crippen molar-refractivity contribution < 1.29 is 9.72 Å². The Hall–Kier alpha value is -2.15. The molecule has 0 aliphatic heterocycles. The second kappa shape index (κ2) is 5.80. The first kappa shape index (κ1) is 12.9. The van der Waals surface area contributed by atoms with Crippen LogP contribution in [-0.2, 0) is 0 Å². The Balaban J connectivity index is 2.57. The molecule has 1 rings (SSSR count). The van der Waals surface area contributed by atoms with Gasteiger partial charge in [-0.15, -0.1) is 0 Å². The van der Waals surface area contributed by atoms with Gasteiger partial charge in [0.15, 0.2) is 0 Å². The molecule has 92 valence electrons. The van der Waals surface area contributed by atoms with Gasteiger partial charge in [0, 0.05) is 30.4 Å². The van der Waals surface area contributed by atoms with E-state index in [9.17, 15) is 14.9 Å². The molecule has 0 aromatic heterocycles. The van der Waals surface area contributed by atoms with Crippen molar-refractivity contribution in [3.05, 3.63) is 34.4 Å². The fraction of sp³-hybridized carbons (Fsp3) is 0.300. The number of hydrogen-bond donors (Lipinski definition) is 3. The Morgan fingerprint density at radius 2 is 2.06 bits per heavy atom. The van der Waals surface area contributed by atoms with Crippen LogP contribution in [0.2, 0.25) is 0 Å². The molecule has 17 heavy (non-hydrogen) atoms. The molecule has 0 spiro atoms. The quantitative estimate of drug-likeness (QED) is 0.538. The van der Waals surface area contributed by atoms with Crippen molar-refractivity contribution in [1.82, 2.24) is 5.32 Å². The summed E-state index contributed by atoms with van der Waals surface area (Å²) in [4.78, 5) is 21.3. The number of rotatable bonds is 4. The normalized spacial score (nSPS) is 11.6. The van der Waals surface area contributed by atoms with Gasteiger partial charge in [-0.1, -0.05) is 0 Å². The van der Waals surface area contributed by atoms with E-state index < -0.39 is 11.0 Å². The number of urea groups is 1. The van der Waals surface area contributed by atoms with Crippen LogP contribution >= 0.6 is 0 Å². The van der Waals surface area contributed by atoms with E-state index in [0.29, 0.717) is 12.2 Å². The molecule has 0 saturated heterocycles. The van der Waals surface area contributed by atoms with Gasteiger partial charge in [-0.25, -0.2) is 4.79 Å². The fourth-order valence-electron chi connectivity index (χ4n) is 1.12.